The van der Waals surface area contributed by atoms with Gasteiger partial charge in [-0.1, -0.05) is 0 Å². The third-order valence-corrected chi connectivity index (χ3v) is 2.40. The maximum atomic E-state index is 11.1. The molecule has 1 saturated carbocycles. The molecule has 1 atom stereocenters. The average Bonchev–Trinajstić information content (AvgIpc) is 2.56. The first kappa shape index (κ1) is 7.53. The van der Waals surface area contributed by atoms with Crippen molar-refractivity contribution in [3.63, 3.8) is 0 Å². The molecule has 12 heavy (non-hydrogen) atoms. The number of hydrogen-bond acceptors (Lipinski definition) is 2. The highest BCUT2D eigenvalue weighted by Crippen LogP contribution is 2.25. The lowest BCUT2D eigenvalue weighted by Crippen LogP contribution is -2.17. The summed E-state index contributed by atoms with van der Waals surface area (Å²) in [7, 11) is 0. The predicted molar refractivity (Wildman–Crippen MR) is 44.7 cm³/mol. The minimum atomic E-state index is 0.369. The van der Waals surface area contributed by atoms with Crippen molar-refractivity contribution < 1.29 is 4.79 Å². The summed E-state index contributed by atoms with van der Waals surface area (Å²) >= 11 is 0. The second kappa shape index (κ2) is 3.09. The van der Waals surface area contributed by atoms with Crippen LogP contribution < -0.4 is 0 Å². The van der Waals surface area contributed by atoms with Gasteiger partial charge in [-0.3, -0.25) is 4.79 Å². The molecule has 0 aliphatic heterocycles. The van der Waals surface area contributed by atoms with E-state index in [0.717, 1.165) is 19.3 Å². The fourth-order valence-corrected chi connectivity index (χ4v) is 1.74. The topological polar surface area (TPSA) is 34.9 Å². The number of ketones is 1. The molecule has 1 fully saturated rings. The summed E-state index contributed by atoms with van der Waals surface area (Å²) in [6.07, 6.45) is 9.09. The maximum Gasteiger partial charge on any atom is 0.134 e. The standard InChI is InChI=1S/C9H12N2O/c12-9-3-1-2-8(6-9)11-5-4-10-7-11/h4-5,7-8H,1-3,6H2/t8-/m1/s1. The van der Waals surface area contributed by atoms with Crippen molar-refractivity contribution in [3.8, 4) is 0 Å². The van der Waals surface area contributed by atoms with Gasteiger partial charge in [-0.2, -0.15) is 0 Å². The van der Waals surface area contributed by atoms with E-state index in [2.05, 4.69) is 4.98 Å². The number of rotatable bonds is 1. The monoisotopic (exact) mass is 164 g/mol. The van der Waals surface area contributed by atoms with Gasteiger partial charge in [0.25, 0.3) is 0 Å². The quantitative estimate of drug-likeness (QED) is 0.631. The number of carbonyl (C=O) groups is 1. The van der Waals surface area contributed by atoms with E-state index in [1.54, 1.807) is 12.5 Å². The summed E-state index contributed by atoms with van der Waals surface area (Å²) in [5, 5.41) is 0. The van der Waals surface area contributed by atoms with Crippen LogP contribution in [0.5, 0.6) is 0 Å². The van der Waals surface area contributed by atoms with Gasteiger partial charge >= 0.3 is 0 Å². The zero-order valence-corrected chi connectivity index (χ0v) is 6.94. The van der Waals surface area contributed by atoms with E-state index >= 15 is 0 Å². The Morgan fingerprint density at radius 2 is 2.50 bits per heavy atom. The summed E-state index contributed by atoms with van der Waals surface area (Å²) in [6, 6.07) is 0.369. The zero-order chi connectivity index (χ0) is 8.39. The molecule has 1 aromatic heterocycles. The van der Waals surface area contributed by atoms with Gasteiger partial charge in [0.2, 0.25) is 0 Å². The fraction of sp³-hybridized carbons (Fsp3) is 0.556. The van der Waals surface area contributed by atoms with E-state index < -0.39 is 0 Å². The van der Waals surface area contributed by atoms with Crippen LogP contribution in [-0.2, 0) is 4.79 Å². The Hall–Kier alpha value is -1.12. The summed E-state index contributed by atoms with van der Waals surface area (Å²) < 4.78 is 2.04. The molecule has 1 aliphatic carbocycles. The molecular formula is C9H12N2O. The Kier molecular flexibility index (Phi) is 1.94. The molecule has 3 heteroatoms. The number of imidazole rings is 1. The molecule has 0 N–H and O–H groups in total. The highest BCUT2D eigenvalue weighted by atomic mass is 16.1. The van der Waals surface area contributed by atoms with Crippen LogP contribution in [0.3, 0.4) is 0 Å². The van der Waals surface area contributed by atoms with Crippen LogP contribution >= 0.6 is 0 Å². The van der Waals surface area contributed by atoms with Crippen molar-refractivity contribution in [2.75, 3.05) is 0 Å². The molecule has 1 aliphatic rings. The Morgan fingerprint density at radius 3 is 3.17 bits per heavy atom. The van der Waals surface area contributed by atoms with Crippen molar-refractivity contribution in [3.05, 3.63) is 18.7 Å². The maximum absolute atomic E-state index is 11.1. The molecule has 0 aromatic carbocycles. The summed E-state index contributed by atoms with van der Waals surface area (Å²) in [6.45, 7) is 0. The molecule has 0 spiro atoms. The largest absolute Gasteiger partial charge is 0.334 e. The zero-order valence-electron chi connectivity index (χ0n) is 6.94. The van der Waals surface area contributed by atoms with E-state index in [-0.39, 0.29) is 0 Å². The molecule has 64 valence electrons. The lowest BCUT2D eigenvalue weighted by molar-refractivity contribution is -0.121. The molecular weight excluding hydrogens is 152 g/mol. The average molecular weight is 164 g/mol. The van der Waals surface area contributed by atoms with Gasteiger partial charge in [-0.15, -0.1) is 0 Å². The first-order valence-corrected chi connectivity index (χ1v) is 4.35. The van der Waals surface area contributed by atoms with Crippen LogP contribution in [0.15, 0.2) is 18.7 Å². The van der Waals surface area contributed by atoms with Gasteiger partial charge in [0, 0.05) is 31.3 Å². The predicted octanol–water partition coefficient (Wildman–Crippen LogP) is 1.57. The van der Waals surface area contributed by atoms with E-state index in [1.165, 1.54) is 0 Å². The number of Topliss-reactive ketones (excluding diaryl/α,β-unsaturated/α-hetero) is 1. The van der Waals surface area contributed by atoms with E-state index in [1.807, 2.05) is 10.8 Å². The lowest BCUT2D eigenvalue weighted by atomic mass is 9.94. The van der Waals surface area contributed by atoms with E-state index in [9.17, 15) is 4.79 Å². The second-order valence-corrected chi connectivity index (χ2v) is 3.30. The highest BCUT2D eigenvalue weighted by molar-refractivity contribution is 5.79. The molecule has 1 aromatic rings. The number of aromatic nitrogens is 2. The van der Waals surface area contributed by atoms with Gasteiger partial charge in [0.15, 0.2) is 0 Å². The molecule has 0 bridgehead atoms. The number of carbonyl (C=O) groups excluding carboxylic acids is 1. The van der Waals surface area contributed by atoms with Crippen LogP contribution in [0.4, 0.5) is 0 Å². The van der Waals surface area contributed by atoms with E-state index in [4.69, 9.17) is 0 Å². The second-order valence-electron chi connectivity index (χ2n) is 3.30. The summed E-state index contributed by atoms with van der Waals surface area (Å²) in [4.78, 5) is 15.1. The van der Waals surface area contributed by atoms with Gasteiger partial charge in [0.05, 0.1) is 6.33 Å². The molecule has 0 saturated heterocycles. The van der Waals surface area contributed by atoms with Crippen molar-refractivity contribution in [2.24, 2.45) is 0 Å². The van der Waals surface area contributed by atoms with Crippen molar-refractivity contribution in [1.29, 1.82) is 0 Å². The fourth-order valence-electron chi connectivity index (χ4n) is 1.74. The minimum absolute atomic E-state index is 0.369. The van der Waals surface area contributed by atoms with Gasteiger partial charge in [-0.05, 0) is 12.8 Å². The third kappa shape index (κ3) is 1.40. The SMILES string of the molecule is O=C1CCC[C@@H](n2ccnc2)C1. The first-order chi connectivity index (χ1) is 5.86. The van der Waals surface area contributed by atoms with Crippen LogP contribution in [0.1, 0.15) is 31.7 Å². The first-order valence-electron chi connectivity index (χ1n) is 4.35. The van der Waals surface area contributed by atoms with Crippen LogP contribution in [0.25, 0.3) is 0 Å². The van der Waals surface area contributed by atoms with Crippen LogP contribution in [0.2, 0.25) is 0 Å². The van der Waals surface area contributed by atoms with Crippen LogP contribution in [0, 0.1) is 0 Å². The van der Waals surface area contributed by atoms with Crippen molar-refractivity contribution >= 4 is 5.78 Å². The third-order valence-electron chi connectivity index (χ3n) is 2.40. The molecule has 0 amide bonds. The minimum Gasteiger partial charge on any atom is -0.334 e. The smallest absolute Gasteiger partial charge is 0.134 e. The Labute approximate surface area is 71.4 Å². The van der Waals surface area contributed by atoms with Gasteiger partial charge in [-0.25, -0.2) is 4.98 Å². The van der Waals surface area contributed by atoms with Crippen molar-refractivity contribution in [2.45, 2.75) is 31.7 Å². The molecule has 0 unspecified atom stereocenters. The van der Waals surface area contributed by atoms with Crippen molar-refractivity contribution in [1.82, 2.24) is 9.55 Å². The molecule has 3 nitrogen and oxygen atoms in total. The van der Waals surface area contributed by atoms with Gasteiger partial charge in [0.1, 0.15) is 5.78 Å². The highest BCUT2D eigenvalue weighted by Gasteiger charge is 2.19. The normalized spacial score (nSPS) is 24.3. The molecule has 1 heterocycles. The van der Waals surface area contributed by atoms with E-state index in [0.29, 0.717) is 18.2 Å². The Balaban J connectivity index is 2.09. The van der Waals surface area contributed by atoms with Gasteiger partial charge < -0.3 is 4.57 Å². The Bertz CT molecular complexity index is 266. The lowest BCUT2D eigenvalue weighted by Gasteiger charge is -2.21. The Morgan fingerprint density at radius 1 is 1.58 bits per heavy atom. The molecule has 2 rings (SSSR count). The number of hydrogen-bond donors (Lipinski definition) is 0. The molecule has 0 radical (unpaired) electrons. The van der Waals surface area contributed by atoms with Crippen LogP contribution in [-0.4, -0.2) is 15.3 Å². The summed E-state index contributed by atoms with van der Waals surface area (Å²) in [5.41, 5.74) is 0. The summed E-state index contributed by atoms with van der Waals surface area (Å²) in [5.74, 6) is 0.389. The number of nitrogens with zero attached hydrogens (tertiary/aromatic N) is 2.